The van der Waals surface area contributed by atoms with Crippen LogP contribution in [0.15, 0.2) is 40.7 Å². The number of aromatic hydroxyl groups is 1. The van der Waals surface area contributed by atoms with Crippen LogP contribution < -0.4 is 0 Å². The second-order valence-corrected chi connectivity index (χ2v) is 9.06. The van der Waals surface area contributed by atoms with Gasteiger partial charge >= 0.3 is 0 Å². The molecule has 1 N–H and O–H groups in total. The summed E-state index contributed by atoms with van der Waals surface area (Å²) in [6.07, 6.45) is 0. The van der Waals surface area contributed by atoms with Gasteiger partial charge in [-0.15, -0.1) is 11.3 Å². The van der Waals surface area contributed by atoms with Crippen LogP contribution in [-0.4, -0.2) is 10.1 Å². The molecule has 0 fully saturated rings. The first-order valence-corrected chi connectivity index (χ1v) is 9.46. The molecule has 0 saturated carbocycles. The lowest BCUT2D eigenvalue weighted by atomic mass is 9.84. The summed E-state index contributed by atoms with van der Waals surface area (Å²) in [4.78, 5) is 4.65. The third-order valence-corrected chi connectivity index (χ3v) is 5.99. The van der Waals surface area contributed by atoms with Gasteiger partial charge in [0, 0.05) is 11.3 Å². The van der Waals surface area contributed by atoms with E-state index in [0.717, 1.165) is 26.7 Å². The minimum Gasteiger partial charge on any atom is -0.507 e. The highest BCUT2D eigenvalue weighted by Gasteiger charge is 2.21. The van der Waals surface area contributed by atoms with E-state index < -0.39 is 0 Å². The summed E-state index contributed by atoms with van der Waals surface area (Å²) in [6, 6.07) is 12.3. The molecule has 1 heterocycles. The minimum absolute atomic E-state index is 0.0641. The Bertz CT molecular complexity index is 813. The number of aromatic nitrogens is 1. The maximum Gasteiger partial charge on any atom is 0.151 e. The highest BCUT2D eigenvalue weighted by Crippen LogP contribution is 2.38. The first-order valence-electron chi connectivity index (χ1n) is 7.66. The van der Waals surface area contributed by atoms with Gasteiger partial charge in [-0.05, 0) is 30.0 Å². The Kier molecular flexibility index (Phi) is 4.39. The van der Waals surface area contributed by atoms with Crippen LogP contribution in [0.3, 0.4) is 0 Å². The molecule has 0 spiro atoms. The van der Waals surface area contributed by atoms with Crippen molar-refractivity contribution in [3.8, 4) is 5.75 Å². The number of phenols is 1. The monoisotopic (exact) mass is 343 g/mol. The quantitative estimate of drug-likeness (QED) is 0.601. The average molecular weight is 344 g/mol. The number of thioether (sulfide) groups is 1. The van der Waals surface area contributed by atoms with E-state index >= 15 is 0 Å². The van der Waals surface area contributed by atoms with Crippen LogP contribution in [0.4, 0.5) is 0 Å². The number of para-hydroxylation sites is 1. The van der Waals surface area contributed by atoms with Crippen molar-refractivity contribution in [3.05, 3.63) is 53.1 Å². The van der Waals surface area contributed by atoms with Gasteiger partial charge < -0.3 is 5.11 Å². The van der Waals surface area contributed by atoms with E-state index in [1.807, 2.05) is 18.2 Å². The Labute approximate surface area is 145 Å². The fraction of sp³-hybridized carbons (Fsp3) is 0.316. The molecule has 4 heteroatoms. The van der Waals surface area contributed by atoms with Crippen LogP contribution >= 0.6 is 23.1 Å². The molecular weight excluding hydrogens is 322 g/mol. The molecule has 0 saturated heterocycles. The van der Waals surface area contributed by atoms with Gasteiger partial charge in [-0.3, -0.25) is 0 Å². The van der Waals surface area contributed by atoms with E-state index in [-0.39, 0.29) is 5.41 Å². The number of hydrogen-bond donors (Lipinski definition) is 1. The van der Waals surface area contributed by atoms with Gasteiger partial charge in [-0.2, -0.15) is 0 Å². The van der Waals surface area contributed by atoms with Crippen LogP contribution in [0, 0.1) is 6.92 Å². The number of fused-ring (bicyclic) bond motifs is 1. The third kappa shape index (κ3) is 3.54. The number of rotatable bonds is 3. The lowest BCUT2D eigenvalue weighted by molar-refractivity contribution is 0.442. The van der Waals surface area contributed by atoms with E-state index in [1.165, 1.54) is 10.3 Å². The number of aryl methyl sites for hydroxylation is 1. The van der Waals surface area contributed by atoms with E-state index in [0.29, 0.717) is 5.75 Å². The molecule has 0 aliphatic heterocycles. The number of hydrogen-bond acceptors (Lipinski definition) is 4. The van der Waals surface area contributed by atoms with Gasteiger partial charge in [0.1, 0.15) is 5.75 Å². The van der Waals surface area contributed by atoms with Crippen molar-refractivity contribution in [2.24, 2.45) is 0 Å². The van der Waals surface area contributed by atoms with E-state index in [9.17, 15) is 5.11 Å². The number of nitrogens with zero attached hydrogens (tertiary/aromatic N) is 1. The second kappa shape index (κ2) is 6.17. The molecule has 23 heavy (non-hydrogen) atoms. The van der Waals surface area contributed by atoms with Gasteiger partial charge in [0.2, 0.25) is 0 Å². The minimum atomic E-state index is -0.0641. The zero-order chi connectivity index (χ0) is 16.6. The summed E-state index contributed by atoms with van der Waals surface area (Å²) in [7, 11) is 0. The van der Waals surface area contributed by atoms with Gasteiger partial charge in [0.05, 0.1) is 10.2 Å². The molecule has 0 atom stereocenters. The normalized spacial score (nSPS) is 12.0. The lowest BCUT2D eigenvalue weighted by Gasteiger charge is -2.22. The van der Waals surface area contributed by atoms with E-state index in [4.69, 9.17) is 0 Å². The Morgan fingerprint density at radius 3 is 2.61 bits per heavy atom. The first-order chi connectivity index (χ1) is 10.8. The van der Waals surface area contributed by atoms with Gasteiger partial charge in [-0.25, -0.2) is 4.98 Å². The maximum atomic E-state index is 10.6. The van der Waals surface area contributed by atoms with Crippen molar-refractivity contribution < 1.29 is 5.11 Å². The van der Waals surface area contributed by atoms with Crippen molar-refractivity contribution in [1.82, 2.24) is 4.98 Å². The fourth-order valence-corrected chi connectivity index (χ4v) is 4.63. The van der Waals surface area contributed by atoms with Crippen molar-refractivity contribution >= 4 is 33.3 Å². The second-order valence-electron chi connectivity index (χ2n) is 6.81. The van der Waals surface area contributed by atoms with E-state index in [2.05, 4.69) is 50.9 Å². The summed E-state index contributed by atoms with van der Waals surface area (Å²) in [6.45, 7) is 8.48. The van der Waals surface area contributed by atoms with Gasteiger partial charge in [0.25, 0.3) is 0 Å². The molecule has 0 amide bonds. The Balaban J connectivity index is 1.86. The summed E-state index contributed by atoms with van der Waals surface area (Å²) in [5, 5.41) is 10.6. The standard InChI is InChI=1S/C19H21NOS2/c1-12-9-13(17(21)14(10-12)19(2,3)4)11-22-18-20-15-7-5-6-8-16(15)23-18/h5-10,21H,11H2,1-4H3. The lowest BCUT2D eigenvalue weighted by Crippen LogP contribution is -2.12. The van der Waals surface area contributed by atoms with Crippen LogP contribution in [0.1, 0.15) is 37.5 Å². The highest BCUT2D eigenvalue weighted by atomic mass is 32.2. The third-order valence-electron chi connectivity index (χ3n) is 3.77. The molecule has 0 aliphatic carbocycles. The van der Waals surface area contributed by atoms with Gasteiger partial charge in [0.15, 0.2) is 4.34 Å². The summed E-state index contributed by atoms with van der Waals surface area (Å²) in [5.41, 5.74) is 4.17. The molecule has 0 radical (unpaired) electrons. The van der Waals surface area contributed by atoms with Crippen molar-refractivity contribution in [1.29, 1.82) is 0 Å². The Hall–Kier alpha value is -1.52. The first kappa shape index (κ1) is 16.3. The molecule has 0 unspecified atom stereocenters. The maximum absolute atomic E-state index is 10.6. The highest BCUT2D eigenvalue weighted by molar-refractivity contribution is 8.00. The fourth-order valence-electron chi connectivity index (χ4n) is 2.59. The largest absolute Gasteiger partial charge is 0.507 e. The van der Waals surface area contributed by atoms with Crippen LogP contribution in [0.2, 0.25) is 0 Å². The summed E-state index contributed by atoms with van der Waals surface area (Å²) in [5.74, 6) is 1.16. The Morgan fingerprint density at radius 2 is 1.91 bits per heavy atom. The number of phenolic OH excluding ortho intramolecular Hbond substituents is 1. The Morgan fingerprint density at radius 1 is 1.17 bits per heavy atom. The predicted octanol–water partition coefficient (Wildman–Crippen LogP) is 5.90. The molecule has 120 valence electrons. The van der Waals surface area contributed by atoms with Crippen molar-refractivity contribution in [2.75, 3.05) is 0 Å². The van der Waals surface area contributed by atoms with Crippen molar-refractivity contribution in [3.63, 3.8) is 0 Å². The zero-order valence-electron chi connectivity index (χ0n) is 13.9. The van der Waals surface area contributed by atoms with Crippen LogP contribution in [-0.2, 0) is 11.2 Å². The van der Waals surface area contributed by atoms with Crippen LogP contribution in [0.5, 0.6) is 5.75 Å². The topological polar surface area (TPSA) is 33.1 Å². The molecule has 0 aliphatic rings. The van der Waals surface area contributed by atoms with Crippen LogP contribution in [0.25, 0.3) is 10.2 Å². The summed E-state index contributed by atoms with van der Waals surface area (Å²) >= 11 is 3.40. The van der Waals surface area contributed by atoms with Gasteiger partial charge in [-0.1, -0.05) is 62.4 Å². The number of benzene rings is 2. The predicted molar refractivity (Wildman–Crippen MR) is 101 cm³/mol. The molecular formula is C19H21NOS2. The van der Waals surface area contributed by atoms with Crippen molar-refractivity contribution in [2.45, 2.75) is 43.2 Å². The zero-order valence-corrected chi connectivity index (χ0v) is 15.5. The smallest absolute Gasteiger partial charge is 0.151 e. The molecule has 1 aromatic heterocycles. The van der Waals surface area contributed by atoms with E-state index in [1.54, 1.807) is 23.1 Å². The summed E-state index contributed by atoms with van der Waals surface area (Å²) < 4.78 is 2.25. The molecule has 3 aromatic rings. The average Bonchev–Trinajstić information content (AvgIpc) is 2.89. The molecule has 2 aromatic carbocycles. The molecule has 3 rings (SSSR count). The molecule has 2 nitrogen and oxygen atoms in total. The molecule has 0 bridgehead atoms. The number of thiazole rings is 1. The SMILES string of the molecule is Cc1cc(CSc2nc3ccccc3s2)c(O)c(C(C)(C)C)c1.